The zero-order chi connectivity index (χ0) is 15.0. The van der Waals surface area contributed by atoms with Crippen molar-refractivity contribution < 1.29 is 0 Å². The van der Waals surface area contributed by atoms with E-state index >= 15 is 0 Å². The average Bonchev–Trinajstić information content (AvgIpc) is 2.83. The number of likely N-dealkylation sites (N-methyl/N-ethyl adjacent to an activating group) is 1. The van der Waals surface area contributed by atoms with E-state index in [4.69, 9.17) is 5.73 Å². The van der Waals surface area contributed by atoms with Crippen LogP contribution in [0.3, 0.4) is 0 Å². The highest BCUT2D eigenvalue weighted by molar-refractivity contribution is 7.09. The van der Waals surface area contributed by atoms with Gasteiger partial charge in [-0.1, -0.05) is 39.0 Å². The van der Waals surface area contributed by atoms with E-state index in [9.17, 15) is 0 Å². The van der Waals surface area contributed by atoms with Crippen LogP contribution >= 0.6 is 11.3 Å². The molecule has 2 N–H and O–H groups in total. The number of aryl methyl sites for hydroxylation is 1. The summed E-state index contributed by atoms with van der Waals surface area (Å²) in [7, 11) is 2.17. The first kappa shape index (κ1) is 17.6. The maximum Gasteiger partial charge on any atom is 0.0897 e. The molecule has 1 heterocycles. The van der Waals surface area contributed by atoms with Gasteiger partial charge in [0.25, 0.3) is 0 Å². The minimum Gasteiger partial charge on any atom is -0.329 e. The molecule has 1 aromatic heterocycles. The van der Waals surface area contributed by atoms with Crippen molar-refractivity contribution in [1.29, 1.82) is 0 Å². The minimum atomic E-state index is 0.0870. The van der Waals surface area contributed by atoms with Crippen molar-refractivity contribution in [1.82, 2.24) is 9.88 Å². The summed E-state index contributed by atoms with van der Waals surface area (Å²) < 4.78 is 0. The van der Waals surface area contributed by atoms with E-state index in [1.807, 2.05) is 0 Å². The number of aromatic nitrogens is 1. The lowest BCUT2D eigenvalue weighted by Gasteiger charge is -2.38. The van der Waals surface area contributed by atoms with Crippen LogP contribution in [0.15, 0.2) is 5.38 Å². The highest BCUT2D eigenvalue weighted by atomic mass is 32.1. The van der Waals surface area contributed by atoms with Gasteiger partial charge in [-0.25, -0.2) is 4.98 Å². The standard InChI is InChI=1S/C16H31N3S/c1-5-6-7-8-9-10-16(3,13-17)19(4)11-15-12-20-14(2)18-15/h12H,5-11,13,17H2,1-4H3. The number of rotatable bonds is 10. The summed E-state index contributed by atoms with van der Waals surface area (Å²) in [6.45, 7) is 8.21. The van der Waals surface area contributed by atoms with E-state index in [1.54, 1.807) is 11.3 Å². The van der Waals surface area contributed by atoms with Crippen LogP contribution in [0.5, 0.6) is 0 Å². The third-order valence-corrected chi connectivity index (χ3v) is 5.07. The molecule has 0 amide bonds. The molecular weight excluding hydrogens is 266 g/mol. The Balaban J connectivity index is 2.44. The lowest BCUT2D eigenvalue weighted by molar-refractivity contribution is 0.121. The second-order valence-electron chi connectivity index (χ2n) is 6.08. The maximum absolute atomic E-state index is 6.05. The Bertz CT molecular complexity index is 378. The van der Waals surface area contributed by atoms with E-state index in [0.29, 0.717) is 6.54 Å². The zero-order valence-electron chi connectivity index (χ0n) is 13.6. The van der Waals surface area contributed by atoms with Gasteiger partial charge in [-0.3, -0.25) is 4.90 Å². The van der Waals surface area contributed by atoms with E-state index in [0.717, 1.165) is 11.6 Å². The van der Waals surface area contributed by atoms with E-state index in [1.165, 1.54) is 44.2 Å². The lowest BCUT2D eigenvalue weighted by Crippen LogP contribution is -2.49. The molecule has 1 unspecified atom stereocenters. The van der Waals surface area contributed by atoms with Crippen LogP contribution in [0.1, 0.15) is 63.1 Å². The van der Waals surface area contributed by atoms with Gasteiger partial charge in [0.15, 0.2) is 0 Å². The monoisotopic (exact) mass is 297 g/mol. The number of nitrogens with zero attached hydrogens (tertiary/aromatic N) is 2. The molecule has 116 valence electrons. The number of nitrogens with two attached hydrogens (primary N) is 1. The summed E-state index contributed by atoms with van der Waals surface area (Å²) in [4.78, 5) is 6.93. The van der Waals surface area contributed by atoms with Gasteiger partial charge >= 0.3 is 0 Å². The highest BCUT2D eigenvalue weighted by Gasteiger charge is 2.27. The maximum atomic E-state index is 6.05. The van der Waals surface area contributed by atoms with Crippen molar-refractivity contribution in [3.63, 3.8) is 0 Å². The lowest BCUT2D eigenvalue weighted by atomic mass is 9.92. The van der Waals surface area contributed by atoms with Crippen LogP contribution in [0.4, 0.5) is 0 Å². The molecule has 0 saturated heterocycles. The molecule has 20 heavy (non-hydrogen) atoms. The van der Waals surface area contributed by atoms with Crippen LogP contribution in [0.2, 0.25) is 0 Å². The van der Waals surface area contributed by atoms with Gasteiger partial charge in [-0.2, -0.15) is 0 Å². The Hall–Kier alpha value is -0.450. The fourth-order valence-electron chi connectivity index (χ4n) is 2.47. The Morgan fingerprint density at radius 1 is 1.30 bits per heavy atom. The predicted molar refractivity (Wildman–Crippen MR) is 89.2 cm³/mol. The molecule has 0 saturated carbocycles. The topological polar surface area (TPSA) is 42.1 Å². The van der Waals surface area contributed by atoms with Crippen LogP contribution in [-0.4, -0.2) is 29.0 Å². The molecule has 1 atom stereocenters. The summed E-state index contributed by atoms with van der Waals surface area (Å²) in [5.41, 5.74) is 7.30. The summed E-state index contributed by atoms with van der Waals surface area (Å²) in [6, 6.07) is 0. The van der Waals surface area contributed by atoms with Gasteiger partial charge in [0, 0.05) is 24.0 Å². The molecule has 0 aliphatic heterocycles. The van der Waals surface area contributed by atoms with Crippen LogP contribution < -0.4 is 5.73 Å². The first-order valence-corrected chi connectivity index (χ1v) is 8.72. The van der Waals surface area contributed by atoms with Gasteiger partial charge in [-0.15, -0.1) is 11.3 Å². The van der Waals surface area contributed by atoms with Crippen molar-refractivity contribution in [3.8, 4) is 0 Å². The fraction of sp³-hybridized carbons (Fsp3) is 0.812. The van der Waals surface area contributed by atoms with Gasteiger partial charge in [-0.05, 0) is 27.3 Å². The first-order chi connectivity index (χ1) is 9.51. The number of unbranched alkanes of at least 4 members (excludes halogenated alkanes) is 4. The average molecular weight is 298 g/mol. The second kappa shape index (κ2) is 8.75. The largest absolute Gasteiger partial charge is 0.329 e. The summed E-state index contributed by atoms with van der Waals surface area (Å²) in [6.07, 6.45) is 7.78. The van der Waals surface area contributed by atoms with Crippen LogP contribution in [0.25, 0.3) is 0 Å². The third-order valence-electron chi connectivity index (χ3n) is 4.25. The molecule has 1 aromatic rings. The SMILES string of the molecule is CCCCCCCC(C)(CN)N(C)Cc1csc(C)n1. The summed E-state index contributed by atoms with van der Waals surface area (Å²) >= 11 is 1.72. The molecule has 0 spiro atoms. The Morgan fingerprint density at radius 2 is 2.00 bits per heavy atom. The Labute approximate surface area is 128 Å². The van der Waals surface area contributed by atoms with Gasteiger partial charge in [0.2, 0.25) is 0 Å². The van der Waals surface area contributed by atoms with Crippen LogP contribution in [-0.2, 0) is 6.54 Å². The van der Waals surface area contributed by atoms with Crippen molar-refractivity contribution in [3.05, 3.63) is 16.1 Å². The van der Waals surface area contributed by atoms with E-state index < -0.39 is 0 Å². The summed E-state index contributed by atoms with van der Waals surface area (Å²) in [5.74, 6) is 0. The molecule has 3 nitrogen and oxygen atoms in total. The highest BCUT2D eigenvalue weighted by Crippen LogP contribution is 2.23. The molecular formula is C16H31N3S. The molecule has 4 heteroatoms. The van der Waals surface area contributed by atoms with Gasteiger partial charge < -0.3 is 5.73 Å². The normalized spacial score (nSPS) is 14.7. The zero-order valence-corrected chi connectivity index (χ0v) is 14.4. The second-order valence-corrected chi connectivity index (χ2v) is 7.14. The molecule has 0 aliphatic carbocycles. The molecule has 0 radical (unpaired) electrons. The smallest absolute Gasteiger partial charge is 0.0897 e. The molecule has 0 bridgehead atoms. The first-order valence-electron chi connectivity index (χ1n) is 7.84. The molecule has 0 aromatic carbocycles. The summed E-state index contributed by atoms with van der Waals surface area (Å²) in [5, 5.41) is 3.30. The molecule has 0 fully saturated rings. The van der Waals surface area contributed by atoms with Gasteiger partial charge in [0.1, 0.15) is 0 Å². The van der Waals surface area contributed by atoms with E-state index in [2.05, 4.69) is 43.1 Å². The van der Waals surface area contributed by atoms with Crippen molar-refractivity contribution in [2.45, 2.75) is 71.4 Å². The van der Waals surface area contributed by atoms with Crippen LogP contribution in [0, 0.1) is 6.92 Å². The van der Waals surface area contributed by atoms with Crippen molar-refractivity contribution in [2.24, 2.45) is 5.73 Å². The Kier molecular flexibility index (Phi) is 7.70. The number of hydrogen-bond acceptors (Lipinski definition) is 4. The van der Waals surface area contributed by atoms with Crippen molar-refractivity contribution >= 4 is 11.3 Å². The fourth-order valence-corrected chi connectivity index (χ4v) is 3.08. The third kappa shape index (κ3) is 5.51. The molecule has 0 aliphatic rings. The molecule has 1 rings (SSSR count). The van der Waals surface area contributed by atoms with E-state index in [-0.39, 0.29) is 5.54 Å². The quantitative estimate of drug-likeness (QED) is 0.665. The van der Waals surface area contributed by atoms with Gasteiger partial charge in [0.05, 0.1) is 10.7 Å². The predicted octanol–water partition coefficient (Wildman–Crippen LogP) is 3.96. The van der Waals surface area contributed by atoms with Crippen molar-refractivity contribution in [2.75, 3.05) is 13.6 Å². The minimum absolute atomic E-state index is 0.0870. The number of thiazole rings is 1. The Morgan fingerprint density at radius 3 is 2.55 bits per heavy atom. The number of hydrogen-bond donors (Lipinski definition) is 1.